The number of nitrogens with one attached hydrogen (secondary N) is 2. The number of nitrogens with zero attached hydrogens (tertiary/aromatic N) is 2. The van der Waals surface area contributed by atoms with Gasteiger partial charge in [0.2, 0.25) is 0 Å². The lowest BCUT2D eigenvalue weighted by atomic mass is 9.64. The minimum Gasteiger partial charge on any atom is -0.356 e. The lowest BCUT2D eigenvalue weighted by Gasteiger charge is -2.43. The van der Waals surface area contributed by atoms with Crippen LogP contribution >= 0.6 is 0 Å². The van der Waals surface area contributed by atoms with Gasteiger partial charge in [-0.05, 0) is 58.7 Å². The molecule has 1 fully saturated rings. The molecule has 0 amide bonds. The maximum Gasteiger partial charge on any atom is 0.191 e. The molecule has 25 heavy (non-hydrogen) atoms. The molecule has 0 heterocycles. The molecule has 140 valence electrons. The summed E-state index contributed by atoms with van der Waals surface area (Å²) in [7, 11) is 4.05. The Bertz CT molecular complexity index is 520. The van der Waals surface area contributed by atoms with Gasteiger partial charge in [-0.25, -0.2) is 0 Å². The number of rotatable bonds is 9. The lowest BCUT2D eigenvalue weighted by Crippen LogP contribution is -2.49. The van der Waals surface area contributed by atoms with Crippen molar-refractivity contribution in [3.05, 3.63) is 35.9 Å². The van der Waals surface area contributed by atoms with Gasteiger partial charge in [-0.3, -0.25) is 4.99 Å². The molecule has 1 aliphatic rings. The van der Waals surface area contributed by atoms with E-state index in [-0.39, 0.29) is 0 Å². The lowest BCUT2D eigenvalue weighted by molar-refractivity contribution is 0.243. The van der Waals surface area contributed by atoms with Gasteiger partial charge in [0, 0.05) is 31.6 Å². The number of benzene rings is 1. The summed E-state index contributed by atoms with van der Waals surface area (Å²) in [5.41, 5.74) is 1.75. The maximum atomic E-state index is 4.39. The first kappa shape index (κ1) is 19.8. The molecule has 0 radical (unpaired) electrons. The van der Waals surface area contributed by atoms with E-state index < -0.39 is 0 Å². The van der Waals surface area contributed by atoms with E-state index in [0.717, 1.165) is 25.6 Å². The largest absolute Gasteiger partial charge is 0.356 e. The van der Waals surface area contributed by atoms with Crippen LogP contribution in [0.1, 0.15) is 51.5 Å². The zero-order valence-corrected chi connectivity index (χ0v) is 16.5. The van der Waals surface area contributed by atoms with Gasteiger partial charge in [0.1, 0.15) is 0 Å². The SMILES string of the molecule is CN=C(NCCCCN(C)C(C)C)NCC1(c2ccccc2)CCC1. The molecule has 0 unspecified atom stereocenters. The van der Waals surface area contributed by atoms with Crippen molar-refractivity contribution in [3.63, 3.8) is 0 Å². The Balaban J connectivity index is 1.71. The topological polar surface area (TPSA) is 39.7 Å². The van der Waals surface area contributed by atoms with Crippen molar-refractivity contribution in [2.75, 3.05) is 33.7 Å². The highest BCUT2D eigenvalue weighted by atomic mass is 15.2. The quantitative estimate of drug-likeness (QED) is 0.410. The third-order valence-corrected chi connectivity index (χ3v) is 5.63. The fourth-order valence-electron chi connectivity index (χ4n) is 3.39. The average molecular weight is 345 g/mol. The van der Waals surface area contributed by atoms with Crippen molar-refractivity contribution in [1.82, 2.24) is 15.5 Å². The predicted octanol–water partition coefficient (Wildman–Crippen LogP) is 3.39. The molecule has 1 aromatic carbocycles. The number of hydrogen-bond acceptors (Lipinski definition) is 2. The molecular formula is C21H36N4. The Hall–Kier alpha value is -1.55. The first-order valence-electron chi connectivity index (χ1n) is 9.78. The third kappa shape index (κ3) is 5.74. The van der Waals surface area contributed by atoms with Crippen LogP contribution in [0.2, 0.25) is 0 Å². The second-order valence-corrected chi connectivity index (χ2v) is 7.63. The second-order valence-electron chi connectivity index (χ2n) is 7.63. The first-order chi connectivity index (χ1) is 12.1. The van der Waals surface area contributed by atoms with Crippen molar-refractivity contribution in [1.29, 1.82) is 0 Å². The Labute approximate surface area is 154 Å². The Kier molecular flexibility index (Phi) is 7.76. The molecule has 1 saturated carbocycles. The van der Waals surface area contributed by atoms with Crippen molar-refractivity contribution >= 4 is 5.96 Å². The van der Waals surface area contributed by atoms with Crippen molar-refractivity contribution in [2.45, 2.75) is 57.4 Å². The van der Waals surface area contributed by atoms with Gasteiger partial charge in [0.25, 0.3) is 0 Å². The van der Waals surface area contributed by atoms with E-state index in [1.54, 1.807) is 0 Å². The van der Waals surface area contributed by atoms with Crippen molar-refractivity contribution < 1.29 is 0 Å². The minimum absolute atomic E-state index is 0.291. The zero-order chi connectivity index (χ0) is 18.1. The van der Waals surface area contributed by atoms with Crippen LogP contribution in [0.25, 0.3) is 0 Å². The van der Waals surface area contributed by atoms with Gasteiger partial charge in [-0.2, -0.15) is 0 Å². The van der Waals surface area contributed by atoms with Crippen LogP contribution in [0.3, 0.4) is 0 Å². The molecule has 1 aliphatic carbocycles. The van der Waals surface area contributed by atoms with Crippen molar-refractivity contribution in [2.24, 2.45) is 4.99 Å². The smallest absolute Gasteiger partial charge is 0.191 e. The highest BCUT2D eigenvalue weighted by molar-refractivity contribution is 5.79. The monoisotopic (exact) mass is 344 g/mol. The zero-order valence-electron chi connectivity index (χ0n) is 16.5. The summed E-state index contributed by atoms with van der Waals surface area (Å²) in [6.45, 7) is 7.58. The summed E-state index contributed by atoms with van der Waals surface area (Å²) in [6, 6.07) is 11.6. The van der Waals surface area contributed by atoms with Gasteiger partial charge < -0.3 is 15.5 Å². The van der Waals surface area contributed by atoms with Crippen LogP contribution in [-0.2, 0) is 5.41 Å². The fourth-order valence-corrected chi connectivity index (χ4v) is 3.39. The summed E-state index contributed by atoms with van der Waals surface area (Å²) < 4.78 is 0. The molecule has 0 aliphatic heterocycles. The minimum atomic E-state index is 0.291. The highest BCUT2D eigenvalue weighted by Gasteiger charge is 2.38. The third-order valence-electron chi connectivity index (χ3n) is 5.63. The van der Waals surface area contributed by atoms with Gasteiger partial charge in [0.15, 0.2) is 5.96 Å². The van der Waals surface area contributed by atoms with Crippen LogP contribution in [0.5, 0.6) is 0 Å². The van der Waals surface area contributed by atoms with Crippen LogP contribution in [0.15, 0.2) is 35.3 Å². The van der Waals surface area contributed by atoms with E-state index in [2.05, 4.69) is 71.8 Å². The molecular weight excluding hydrogens is 308 g/mol. The fraction of sp³-hybridized carbons (Fsp3) is 0.667. The highest BCUT2D eigenvalue weighted by Crippen LogP contribution is 2.43. The van der Waals surface area contributed by atoms with Crippen LogP contribution in [0.4, 0.5) is 0 Å². The van der Waals surface area contributed by atoms with E-state index in [1.165, 1.54) is 37.7 Å². The Morgan fingerprint density at radius 3 is 2.44 bits per heavy atom. The molecule has 0 atom stereocenters. The summed E-state index contributed by atoms with van der Waals surface area (Å²) in [5.74, 6) is 0.930. The van der Waals surface area contributed by atoms with Gasteiger partial charge in [-0.15, -0.1) is 0 Å². The van der Waals surface area contributed by atoms with E-state index in [0.29, 0.717) is 11.5 Å². The molecule has 0 spiro atoms. The number of unbranched alkanes of at least 4 members (excludes halogenated alkanes) is 1. The molecule has 4 nitrogen and oxygen atoms in total. The Morgan fingerprint density at radius 1 is 1.16 bits per heavy atom. The predicted molar refractivity (Wildman–Crippen MR) is 108 cm³/mol. The van der Waals surface area contributed by atoms with E-state index in [1.807, 2.05) is 7.05 Å². The summed E-state index contributed by atoms with van der Waals surface area (Å²) in [6.07, 6.45) is 6.24. The van der Waals surface area contributed by atoms with Gasteiger partial charge in [0.05, 0.1) is 0 Å². The van der Waals surface area contributed by atoms with Crippen LogP contribution < -0.4 is 10.6 Å². The first-order valence-corrected chi connectivity index (χ1v) is 9.78. The van der Waals surface area contributed by atoms with Gasteiger partial charge >= 0.3 is 0 Å². The molecule has 0 saturated heterocycles. The van der Waals surface area contributed by atoms with Crippen LogP contribution in [-0.4, -0.2) is 50.6 Å². The second kappa shape index (κ2) is 9.81. The summed E-state index contributed by atoms with van der Waals surface area (Å²) >= 11 is 0. The summed E-state index contributed by atoms with van der Waals surface area (Å²) in [4.78, 5) is 6.78. The number of hydrogen-bond donors (Lipinski definition) is 2. The van der Waals surface area contributed by atoms with Crippen LogP contribution in [0, 0.1) is 0 Å². The summed E-state index contributed by atoms with van der Waals surface area (Å²) in [5, 5.41) is 7.02. The molecule has 1 aromatic rings. The van der Waals surface area contributed by atoms with Gasteiger partial charge in [-0.1, -0.05) is 36.8 Å². The average Bonchev–Trinajstić information content (AvgIpc) is 2.59. The molecule has 4 heteroatoms. The van der Waals surface area contributed by atoms with E-state index >= 15 is 0 Å². The number of aliphatic imine (C=N–C) groups is 1. The van der Waals surface area contributed by atoms with E-state index in [4.69, 9.17) is 0 Å². The number of guanidine groups is 1. The molecule has 0 bridgehead atoms. The molecule has 2 N–H and O–H groups in total. The molecule has 0 aromatic heterocycles. The van der Waals surface area contributed by atoms with Crippen molar-refractivity contribution in [3.8, 4) is 0 Å². The standard InChI is InChI=1S/C21H36N4/c1-18(2)25(4)16-9-8-15-23-20(22-3)24-17-21(13-10-14-21)19-11-6-5-7-12-19/h5-7,11-12,18H,8-10,13-17H2,1-4H3,(H2,22,23,24). The molecule has 2 rings (SSSR count). The normalized spacial score (nSPS) is 16.8. The Morgan fingerprint density at radius 2 is 1.88 bits per heavy atom. The maximum absolute atomic E-state index is 4.39. The van der Waals surface area contributed by atoms with E-state index in [9.17, 15) is 0 Å².